The van der Waals surface area contributed by atoms with Crippen LogP contribution in [0.3, 0.4) is 0 Å². The Kier molecular flexibility index (Phi) is 8.17. The fourth-order valence-corrected chi connectivity index (χ4v) is 3.87. The summed E-state index contributed by atoms with van der Waals surface area (Å²) in [7, 11) is 1.59. The van der Waals surface area contributed by atoms with Gasteiger partial charge in [0.2, 0.25) is 12.7 Å². The summed E-state index contributed by atoms with van der Waals surface area (Å²) in [5, 5.41) is 3.31. The second-order valence-electron chi connectivity index (χ2n) is 8.17. The van der Waals surface area contributed by atoms with E-state index < -0.39 is 6.04 Å². The van der Waals surface area contributed by atoms with E-state index in [1.807, 2.05) is 36.4 Å². The molecule has 1 heterocycles. The van der Waals surface area contributed by atoms with Crippen LogP contribution in [0.4, 0.5) is 0 Å². The van der Waals surface area contributed by atoms with Crippen LogP contribution >= 0.6 is 11.6 Å². The van der Waals surface area contributed by atoms with Crippen molar-refractivity contribution < 1.29 is 28.5 Å². The van der Waals surface area contributed by atoms with Crippen LogP contribution in [0.1, 0.15) is 18.1 Å². The molecule has 0 aliphatic carbocycles. The summed E-state index contributed by atoms with van der Waals surface area (Å²) in [6.07, 6.45) is 0. The van der Waals surface area contributed by atoms with Crippen LogP contribution in [0, 0.1) is 0 Å². The Labute approximate surface area is 214 Å². The van der Waals surface area contributed by atoms with E-state index in [9.17, 15) is 9.59 Å². The molecule has 0 bridgehead atoms. The van der Waals surface area contributed by atoms with Gasteiger partial charge in [0.1, 0.15) is 17.5 Å². The summed E-state index contributed by atoms with van der Waals surface area (Å²) in [6.45, 7) is 2.10. The third kappa shape index (κ3) is 6.20. The highest BCUT2D eigenvalue weighted by Gasteiger charge is 2.27. The minimum atomic E-state index is -0.761. The van der Waals surface area contributed by atoms with E-state index in [0.29, 0.717) is 28.0 Å². The third-order valence-electron chi connectivity index (χ3n) is 5.77. The average molecular weight is 511 g/mol. The van der Waals surface area contributed by atoms with E-state index in [0.717, 1.165) is 11.1 Å². The number of hydrogen-bond acceptors (Lipinski definition) is 6. The lowest BCUT2D eigenvalue weighted by Crippen LogP contribution is -2.48. The predicted molar refractivity (Wildman–Crippen MR) is 134 cm³/mol. The molecule has 0 radical (unpaired) electrons. The first-order valence-electron chi connectivity index (χ1n) is 11.4. The van der Waals surface area contributed by atoms with Gasteiger partial charge < -0.3 is 29.2 Å². The SMILES string of the molecule is COc1ccc(CN(C(=O)COc2ccccc2Cl)C(C)C(=O)NCc2ccc3c(c2)OCO3)cc1. The van der Waals surface area contributed by atoms with Crippen molar-refractivity contribution >= 4 is 23.4 Å². The van der Waals surface area contributed by atoms with Crippen LogP contribution in [-0.2, 0) is 22.7 Å². The molecule has 1 aliphatic heterocycles. The molecule has 0 fully saturated rings. The number of amides is 2. The van der Waals surface area contributed by atoms with E-state index >= 15 is 0 Å². The Hall–Kier alpha value is -3.91. The second-order valence-corrected chi connectivity index (χ2v) is 8.58. The summed E-state index contributed by atoms with van der Waals surface area (Å²) in [5.41, 5.74) is 1.70. The maximum absolute atomic E-state index is 13.2. The molecule has 188 valence electrons. The number of nitrogens with zero attached hydrogens (tertiary/aromatic N) is 1. The van der Waals surface area contributed by atoms with Gasteiger partial charge in [-0.3, -0.25) is 9.59 Å². The normalized spacial score (nSPS) is 12.5. The molecule has 1 N–H and O–H groups in total. The molecule has 4 rings (SSSR count). The molecule has 9 heteroatoms. The molecule has 1 unspecified atom stereocenters. The van der Waals surface area contributed by atoms with Gasteiger partial charge in [-0.2, -0.15) is 0 Å². The molecule has 0 spiro atoms. The predicted octanol–water partition coefficient (Wildman–Crippen LogP) is 4.19. The van der Waals surface area contributed by atoms with Gasteiger partial charge in [0.15, 0.2) is 18.1 Å². The van der Waals surface area contributed by atoms with Crippen molar-refractivity contribution in [2.45, 2.75) is 26.1 Å². The number of ether oxygens (including phenoxy) is 4. The standard InChI is InChI=1S/C27H27ClN2O6/c1-18(27(32)29-14-20-9-12-24-25(13-20)36-17-35-24)30(15-19-7-10-21(33-2)11-8-19)26(31)16-34-23-6-4-3-5-22(23)28/h3-13,18H,14-17H2,1-2H3,(H,29,32). The van der Waals surface area contributed by atoms with Crippen LogP contribution in [-0.4, -0.2) is 43.3 Å². The molecular weight excluding hydrogens is 484 g/mol. The summed E-state index contributed by atoms with van der Waals surface area (Å²) in [4.78, 5) is 27.8. The third-order valence-corrected chi connectivity index (χ3v) is 6.08. The van der Waals surface area contributed by atoms with E-state index in [-0.39, 0.29) is 38.3 Å². The monoisotopic (exact) mass is 510 g/mol. The Morgan fingerprint density at radius 2 is 1.75 bits per heavy atom. The highest BCUT2D eigenvalue weighted by molar-refractivity contribution is 6.32. The average Bonchev–Trinajstić information content (AvgIpc) is 3.37. The first-order chi connectivity index (χ1) is 17.4. The van der Waals surface area contributed by atoms with Crippen molar-refractivity contribution in [3.8, 4) is 23.0 Å². The Balaban J connectivity index is 1.44. The fraction of sp³-hybridized carbons (Fsp3) is 0.259. The van der Waals surface area contributed by atoms with E-state index in [1.54, 1.807) is 44.4 Å². The quantitative estimate of drug-likeness (QED) is 0.440. The van der Waals surface area contributed by atoms with Gasteiger partial charge in [-0.25, -0.2) is 0 Å². The zero-order chi connectivity index (χ0) is 25.5. The number of carbonyl (C=O) groups excluding carboxylic acids is 2. The van der Waals surface area contributed by atoms with E-state index in [4.69, 9.17) is 30.5 Å². The van der Waals surface area contributed by atoms with Gasteiger partial charge in [-0.1, -0.05) is 41.9 Å². The zero-order valence-electron chi connectivity index (χ0n) is 20.0. The number of methoxy groups -OCH3 is 1. The smallest absolute Gasteiger partial charge is 0.261 e. The molecule has 1 atom stereocenters. The van der Waals surface area contributed by atoms with Crippen LogP contribution in [0.2, 0.25) is 5.02 Å². The maximum Gasteiger partial charge on any atom is 0.261 e. The molecule has 0 saturated carbocycles. The van der Waals surface area contributed by atoms with Crippen molar-refractivity contribution in [2.75, 3.05) is 20.5 Å². The molecule has 3 aromatic rings. The van der Waals surface area contributed by atoms with Gasteiger partial charge >= 0.3 is 0 Å². The van der Waals surface area contributed by atoms with Gasteiger partial charge in [-0.05, 0) is 54.4 Å². The van der Waals surface area contributed by atoms with Gasteiger partial charge in [0.25, 0.3) is 5.91 Å². The van der Waals surface area contributed by atoms with Crippen LogP contribution in [0.25, 0.3) is 0 Å². The topological polar surface area (TPSA) is 86.3 Å². The Bertz CT molecular complexity index is 1220. The fourth-order valence-electron chi connectivity index (χ4n) is 3.68. The molecular formula is C27H27ClN2O6. The molecule has 1 aliphatic rings. The van der Waals surface area contributed by atoms with Crippen molar-refractivity contribution in [3.05, 3.63) is 82.9 Å². The van der Waals surface area contributed by atoms with Crippen molar-refractivity contribution in [1.29, 1.82) is 0 Å². The number of para-hydroxylation sites is 1. The minimum Gasteiger partial charge on any atom is -0.497 e. The highest BCUT2D eigenvalue weighted by atomic mass is 35.5. The molecule has 8 nitrogen and oxygen atoms in total. The zero-order valence-corrected chi connectivity index (χ0v) is 20.8. The number of carbonyl (C=O) groups is 2. The van der Waals surface area contributed by atoms with Gasteiger partial charge in [0, 0.05) is 13.1 Å². The highest BCUT2D eigenvalue weighted by Crippen LogP contribution is 2.32. The maximum atomic E-state index is 13.2. The molecule has 36 heavy (non-hydrogen) atoms. The Morgan fingerprint density at radius 3 is 2.50 bits per heavy atom. The van der Waals surface area contributed by atoms with Crippen LogP contribution in [0.5, 0.6) is 23.0 Å². The van der Waals surface area contributed by atoms with E-state index in [2.05, 4.69) is 5.32 Å². The minimum absolute atomic E-state index is 0.181. The molecule has 0 aromatic heterocycles. The van der Waals surface area contributed by atoms with Crippen molar-refractivity contribution in [2.24, 2.45) is 0 Å². The number of nitrogens with one attached hydrogen (secondary N) is 1. The summed E-state index contributed by atoms with van der Waals surface area (Å²) in [6, 6.07) is 19.0. The van der Waals surface area contributed by atoms with Gasteiger partial charge in [0.05, 0.1) is 12.1 Å². The lowest BCUT2D eigenvalue weighted by molar-refractivity contribution is -0.142. The summed E-state index contributed by atoms with van der Waals surface area (Å²) in [5.74, 6) is 1.77. The second kappa shape index (κ2) is 11.7. The number of halogens is 1. The number of benzene rings is 3. The number of fused-ring (bicyclic) bond motifs is 1. The number of rotatable bonds is 10. The largest absolute Gasteiger partial charge is 0.497 e. The van der Waals surface area contributed by atoms with Crippen molar-refractivity contribution in [3.63, 3.8) is 0 Å². The number of hydrogen-bond donors (Lipinski definition) is 1. The van der Waals surface area contributed by atoms with Gasteiger partial charge in [-0.15, -0.1) is 0 Å². The first-order valence-corrected chi connectivity index (χ1v) is 11.8. The summed E-state index contributed by atoms with van der Waals surface area (Å²) >= 11 is 6.15. The van der Waals surface area contributed by atoms with Crippen molar-refractivity contribution in [1.82, 2.24) is 10.2 Å². The van der Waals surface area contributed by atoms with Crippen LogP contribution < -0.4 is 24.3 Å². The van der Waals surface area contributed by atoms with E-state index in [1.165, 1.54) is 4.90 Å². The molecule has 3 aromatic carbocycles. The molecule has 2 amide bonds. The summed E-state index contributed by atoms with van der Waals surface area (Å²) < 4.78 is 21.6. The first kappa shape index (κ1) is 25.2. The Morgan fingerprint density at radius 1 is 1.03 bits per heavy atom. The molecule has 0 saturated heterocycles. The lowest BCUT2D eigenvalue weighted by Gasteiger charge is -2.29. The van der Waals surface area contributed by atoms with Crippen LogP contribution in [0.15, 0.2) is 66.7 Å². The lowest BCUT2D eigenvalue weighted by atomic mass is 10.1.